The molecule has 1 aliphatic carbocycles. The molecular formula is C51H64N12O7. The summed E-state index contributed by atoms with van der Waals surface area (Å²) < 4.78 is 7.84. The van der Waals surface area contributed by atoms with Crippen molar-refractivity contribution in [3.63, 3.8) is 0 Å². The van der Waals surface area contributed by atoms with Crippen molar-refractivity contribution in [3.8, 4) is 11.4 Å². The highest BCUT2D eigenvalue weighted by Gasteiger charge is 2.40. The first kappa shape index (κ1) is 48.1. The molecule has 5 aliphatic rings. The van der Waals surface area contributed by atoms with E-state index in [0.717, 1.165) is 55.4 Å². The van der Waals surface area contributed by atoms with Gasteiger partial charge >= 0.3 is 0 Å². The minimum absolute atomic E-state index is 0.0430. The molecule has 1 saturated carbocycles. The van der Waals surface area contributed by atoms with Gasteiger partial charge in [-0.3, -0.25) is 38.7 Å². The number of aromatic nitrogens is 5. The van der Waals surface area contributed by atoms with Gasteiger partial charge in [-0.15, -0.1) is 10.2 Å². The molecule has 6 amide bonds. The van der Waals surface area contributed by atoms with Gasteiger partial charge in [-0.1, -0.05) is 45.1 Å². The van der Waals surface area contributed by atoms with Crippen molar-refractivity contribution in [2.45, 2.75) is 141 Å². The summed E-state index contributed by atoms with van der Waals surface area (Å²) in [4.78, 5) is 92.3. The van der Waals surface area contributed by atoms with Crippen molar-refractivity contribution in [2.75, 3.05) is 42.3 Å². The van der Waals surface area contributed by atoms with Crippen LogP contribution in [0.15, 0.2) is 42.6 Å². The smallest absolute Gasteiger partial charge is 0.255 e. The summed E-state index contributed by atoms with van der Waals surface area (Å²) in [5.41, 5.74) is 3.61. The van der Waals surface area contributed by atoms with Crippen LogP contribution in [0.1, 0.15) is 154 Å². The number of aryl methyl sites for hydroxylation is 1. The number of unbranched alkanes of at least 4 members (excludes halogenated alkanes) is 3. The molecular weight excluding hydrogens is 893 g/mol. The molecule has 2 aromatic carbocycles. The number of nitrogens with zero attached hydrogens (tertiary/aromatic N) is 8. The van der Waals surface area contributed by atoms with Crippen molar-refractivity contribution in [1.82, 2.24) is 45.2 Å². The van der Waals surface area contributed by atoms with Gasteiger partial charge in [0.15, 0.2) is 11.6 Å². The first-order chi connectivity index (χ1) is 34.0. The highest BCUT2D eigenvalue weighted by atomic mass is 16.5. The lowest BCUT2D eigenvalue weighted by Gasteiger charge is -2.39. The number of hydrogen-bond acceptors (Lipinski definition) is 13. The van der Waals surface area contributed by atoms with E-state index in [0.29, 0.717) is 90.9 Å². The molecule has 0 spiro atoms. The molecule has 0 radical (unpaired) electrons. The average molecular weight is 957 g/mol. The van der Waals surface area contributed by atoms with Crippen LogP contribution in [0.25, 0.3) is 5.69 Å². The van der Waals surface area contributed by atoms with Crippen molar-refractivity contribution < 1.29 is 33.5 Å². The number of methoxy groups -OCH3 is 1. The molecule has 370 valence electrons. The molecule has 70 heavy (non-hydrogen) atoms. The highest BCUT2D eigenvalue weighted by molar-refractivity contribution is 6.07. The number of hydrogen-bond donors (Lipinski definition) is 4. The Balaban J connectivity index is 0.706. The van der Waals surface area contributed by atoms with E-state index in [9.17, 15) is 28.8 Å². The van der Waals surface area contributed by atoms with Gasteiger partial charge in [0.1, 0.15) is 23.3 Å². The molecule has 6 heterocycles. The molecule has 4 aromatic rings. The van der Waals surface area contributed by atoms with E-state index in [2.05, 4.69) is 47.9 Å². The quantitative estimate of drug-likeness (QED) is 0.0662. The number of nitrogens with one attached hydrogen (secondary N) is 4. The number of likely N-dealkylation sites (tertiary alicyclic amines) is 1. The molecule has 19 heteroatoms. The zero-order valence-electron chi connectivity index (χ0n) is 40.4. The van der Waals surface area contributed by atoms with Gasteiger partial charge < -0.3 is 35.4 Å². The highest BCUT2D eigenvalue weighted by Crippen LogP contribution is 2.41. The van der Waals surface area contributed by atoms with Gasteiger partial charge in [0.05, 0.1) is 25.0 Å². The average Bonchev–Trinajstić information content (AvgIpc) is 3.92. The number of piperidine rings is 2. The van der Waals surface area contributed by atoms with Crippen molar-refractivity contribution >= 4 is 58.6 Å². The minimum Gasteiger partial charge on any atom is -0.495 e. The third-order valence-corrected chi connectivity index (χ3v) is 14.6. The Bertz CT molecular complexity index is 2640. The van der Waals surface area contributed by atoms with E-state index in [1.165, 1.54) is 37.0 Å². The fourth-order valence-corrected chi connectivity index (χ4v) is 10.8. The van der Waals surface area contributed by atoms with Gasteiger partial charge in [-0.05, 0) is 94.5 Å². The van der Waals surface area contributed by atoms with Crippen LogP contribution in [0.4, 0.5) is 23.1 Å². The number of benzene rings is 2. The molecule has 1 unspecified atom stereocenters. The number of carbonyl (C=O) groups excluding carboxylic acids is 6. The third kappa shape index (κ3) is 10.3. The minimum atomic E-state index is -0.726. The molecule has 2 atom stereocenters. The number of ether oxygens (including phenoxy) is 1. The van der Waals surface area contributed by atoms with E-state index in [1.54, 1.807) is 37.4 Å². The molecule has 4 aliphatic heterocycles. The number of anilines is 4. The normalized spacial score (nSPS) is 19.3. The maximum Gasteiger partial charge on any atom is 0.255 e. The maximum atomic E-state index is 13.5. The second-order valence-corrected chi connectivity index (χ2v) is 19.3. The largest absolute Gasteiger partial charge is 0.495 e. The fourth-order valence-electron chi connectivity index (χ4n) is 10.8. The Labute approximate surface area is 407 Å². The van der Waals surface area contributed by atoms with Crippen LogP contribution in [0.5, 0.6) is 5.75 Å². The van der Waals surface area contributed by atoms with E-state index >= 15 is 0 Å². The Kier molecular flexibility index (Phi) is 14.7. The molecule has 2 saturated heterocycles. The van der Waals surface area contributed by atoms with Crippen LogP contribution in [-0.4, -0.2) is 109 Å². The van der Waals surface area contributed by atoms with Crippen LogP contribution in [0.2, 0.25) is 0 Å². The van der Waals surface area contributed by atoms with Crippen LogP contribution in [-0.2, 0) is 25.7 Å². The van der Waals surface area contributed by atoms with Gasteiger partial charge in [0, 0.05) is 73.9 Å². The number of amides is 6. The summed E-state index contributed by atoms with van der Waals surface area (Å²) >= 11 is 0. The monoisotopic (exact) mass is 957 g/mol. The lowest BCUT2D eigenvalue weighted by molar-refractivity contribution is -0.137. The maximum absolute atomic E-state index is 13.5. The third-order valence-electron chi connectivity index (χ3n) is 14.6. The SMILES string of the molecule is CC[C@@H]1c2nnc(C)n2-c2cnc(Nc3ccc(C(=O)NC4CCN(C(=O)CCCCCCC(=O)Nc5cccc6c5CN(C5CCC(=O)NC5=O)C6=O)CC4)cc3OC)nc2N1CC1CCCCC1. The Morgan fingerprint density at radius 3 is 2.44 bits per heavy atom. The number of carbonyl (C=O) groups is 6. The van der Waals surface area contributed by atoms with Crippen molar-refractivity contribution in [2.24, 2.45) is 5.92 Å². The molecule has 2 aromatic heterocycles. The van der Waals surface area contributed by atoms with Crippen LogP contribution < -0.4 is 30.9 Å². The summed E-state index contributed by atoms with van der Waals surface area (Å²) in [6, 6.07) is 9.68. The Morgan fingerprint density at radius 1 is 0.900 bits per heavy atom. The lowest BCUT2D eigenvalue weighted by Crippen LogP contribution is -2.52. The molecule has 0 bridgehead atoms. The van der Waals surface area contributed by atoms with Gasteiger partial charge in [-0.25, -0.2) is 4.98 Å². The van der Waals surface area contributed by atoms with Crippen LogP contribution >= 0.6 is 0 Å². The second kappa shape index (κ2) is 21.4. The predicted molar refractivity (Wildman–Crippen MR) is 261 cm³/mol. The topological polar surface area (TPSA) is 226 Å². The summed E-state index contributed by atoms with van der Waals surface area (Å²) in [6.45, 7) is 6.34. The first-order valence-corrected chi connectivity index (χ1v) is 25.2. The molecule has 19 nitrogen and oxygen atoms in total. The fraction of sp³-hybridized carbons (Fsp3) is 0.529. The lowest BCUT2D eigenvalue weighted by atomic mass is 9.88. The number of fused-ring (bicyclic) bond motifs is 4. The summed E-state index contributed by atoms with van der Waals surface area (Å²) in [7, 11) is 1.57. The van der Waals surface area contributed by atoms with E-state index in [-0.39, 0.29) is 61.0 Å². The van der Waals surface area contributed by atoms with Crippen LogP contribution in [0, 0.1) is 12.8 Å². The Morgan fingerprint density at radius 2 is 1.69 bits per heavy atom. The van der Waals surface area contributed by atoms with Gasteiger partial charge in [-0.2, -0.15) is 4.98 Å². The number of imide groups is 1. The van der Waals surface area contributed by atoms with E-state index in [4.69, 9.17) is 14.7 Å². The molecule has 3 fully saturated rings. The zero-order chi connectivity index (χ0) is 48.9. The Hall–Kier alpha value is -6.92. The summed E-state index contributed by atoms with van der Waals surface area (Å²) in [5, 5.41) is 20.8. The first-order valence-electron chi connectivity index (χ1n) is 25.2. The number of rotatable bonds is 17. The van der Waals surface area contributed by atoms with Crippen LogP contribution in [0.3, 0.4) is 0 Å². The van der Waals surface area contributed by atoms with Crippen molar-refractivity contribution in [3.05, 3.63) is 70.9 Å². The van der Waals surface area contributed by atoms with Gasteiger partial charge in [0.2, 0.25) is 29.6 Å². The standard InChI is InChI=1S/C51H64N12O7/c1-4-39-47-59-58-31(2)63(47)41-28-52-51(57-46(41)61(39)29-32-13-8-7-9-14-32)55-38-20-19-33(27-42(38)70-3)48(67)53-34-23-25-60(26-24-34)45(66)18-11-6-5-10-17-43(64)54-37-16-12-15-35-36(37)30-62(50(35)69)40-21-22-44(65)56-49(40)68/h12,15-16,19-20,27-28,32,34,39-40H,4-11,13-14,17-18,21-26,29-30H2,1-3H3,(H,53,67)(H,54,64)(H,52,55,57)(H,56,65,68)/t39-,40?/m1/s1. The van der Waals surface area contributed by atoms with E-state index < -0.39 is 11.9 Å². The summed E-state index contributed by atoms with van der Waals surface area (Å²) in [5.74, 6) is 2.66. The zero-order valence-corrected chi connectivity index (χ0v) is 40.4. The predicted octanol–water partition coefficient (Wildman–Crippen LogP) is 6.43. The molecule has 4 N–H and O–H groups in total. The molecule has 9 rings (SSSR count). The van der Waals surface area contributed by atoms with Crippen molar-refractivity contribution in [1.29, 1.82) is 0 Å². The summed E-state index contributed by atoms with van der Waals surface area (Å²) in [6.07, 6.45) is 14.3. The second-order valence-electron chi connectivity index (χ2n) is 19.3. The van der Waals surface area contributed by atoms with Gasteiger partial charge in [0.25, 0.3) is 11.8 Å². The van der Waals surface area contributed by atoms with E-state index in [1.807, 2.05) is 24.1 Å².